The highest BCUT2D eigenvalue weighted by molar-refractivity contribution is 7.89. The molecule has 1 fully saturated rings. The number of hydrogen-bond donors (Lipinski definition) is 1. The van der Waals surface area contributed by atoms with Gasteiger partial charge >= 0.3 is 0 Å². The first-order chi connectivity index (χ1) is 9.86. The Hall–Kier alpha value is -0.950. The standard InChI is InChI=1S/C15H25N3O2S/c1-4-15(16)13-6-5-7-14(10-13)21(19,20)18-9-8-17(3)12(2)11-18/h5-7,10,12,15H,4,8-9,11,16H2,1-3H3. The van der Waals surface area contributed by atoms with E-state index in [2.05, 4.69) is 4.90 Å². The van der Waals surface area contributed by atoms with Crippen molar-refractivity contribution < 1.29 is 8.42 Å². The van der Waals surface area contributed by atoms with Gasteiger partial charge in [-0.05, 0) is 38.1 Å². The minimum absolute atomic E-state index is 0.119. The van der Waals surface area contributed by atoms with E-state index < -0.39 is 10.0 Å². The van der Waals surface area contributed by atoms with Crippen molar-refractivity contribution in [2.75, 3.05) is 26.7 Å². The Morgan fingerprint density at radius 1 is 1.38 bits per heavy atom. The van der Waals surface area contributed by atoms with E-state index in [0.29, 0.717) is 18.0 Å². The van der Waals surface area contributed by atoms with Crippen LogP contribution in [0.4, 0.5) is 0 Å². The Kier molecular flexibility index (Phi) is 5.03. The summed E-state index contributed by atoms with van der Waals surface area (Å²) >= 11 is 0. The fraction of sp³-hybridized carbons (Fsp3) is 0.600. The lowest BCUT2D eigenvalue weighted by molar-refractivity contribution is 0.159. The highest BCUT2D eigenvalue weighted by Gasteiger charge is 2.30. The second-order valence-electron chi connectivity index (χ2n) is 5.78. The summed E-state index contributed by atoms with van der Waals surface area (Å²) < 4.78 is 27.1. The van der Waals surface area contributed by atoms with E-state index in [1.807, 2.05) is 27.0 Å². The van der Waals surface area contributed by atoms with Crippen LogP contribution in [0, 0.1) is 0 Å². The minimum Gasteiger partial charge on any atom is -0.324 e. The van der Waals surface area contributed by atoms with Crippen LogP contribution < -0.4 is 5.73 Å². The van der Waals surface area contributed by atoms with Crippen molar-refractivity contribution >= 4 is 10.0 Å². The Bertz CT molecular complexity index is 588. The topological polar surface area (TPSA) is 66.6 Å². The second kappa shape index (κ2) is 6.44. The van der Waals surface area contributed by atoms with Gasteiger partial charge in [-0.15, -0.1) is 0 Å². The van der Waals surface area contributed by atoms with Crippen LogP contribution in [0.25, 0.3) is 0 Å². The Morgan fingerprint density at radius 3 is 2.71 bits per heavy atom. The molecule has 21 heavy (non-hydrogen) atoms. The lowest BCUT2D eigenvalue weighted by Gasteiger charge is -2.36. The maximum absolute atomic E-state index is 12.8. The van der Waals surface area contributed by atoms with Crippen molar-refractivity contribution in [3.8, 4) is 0 Å². The lowest BCUT2D eigenvalue weighted by atomic mass is 10.1. The van der Waals surface area contributed by atoms with Crippen LogP contribution in [0.15, 0.2) is 29.2 Å². The number of benzene rings is 1. The maximum Gasteiger partial charge on any atom is 0.243 e. The first kappa shape index (κ1) is 16.4. The molecule has 0 aliphatic carbocycles. The first-order valence-corrected chi connectivity index (χ1v) is 8.86. The summed E-state index contributed by atoms with van der Waals surface area (Å²) in [4.78, 5) is 2.52. The fourth-order valence-corrected chi connectivity index (χ4v) is 4.09. The van der Waals surface area contributed by atoms with Crippen LogP contribution in [0.5, 0.6) is 0 Å². The molecule has 0 radical (unpaired) electrons. The molecule has 0 amide bonds. The lowest BCUT2D eigenvalue weighted by Crippen LogP contribution is -2.51. The van der Waals surface area contributed by atoms with Crippen molar-refractivity contribution in [1.82, 2.24) is 9.21 Å². The molecule has 2 atom stereocenters. The number of rotatable bonds is 4. The van der Waals surface area contributed by atoms with Crippen molar-refractivity contribution in [2.45, 2.75) is 37.2 Å². The zero-order chi connectivity index (χ0) is 15.6. The van der Waals surface area contributed by atoms with Gasteiger partial charge in [0.15, 0.2) is 0 Å². The van der Waals surface area contributed by atoms with Crippen LogP contribution in [0.1, 0.15) is 31.9 Å². The molecule has 2 N–H and O–H groups in total. The van der Waals surface area contributed by atoms with Gasteiger partial charge in [-0.25, -0.2) is 8.42 Å². The predicted octanol–water partition coefficient (Wildman–Crippen LogP) is 1.42. The molecule has 0 aromatic heterocycles. The Labute approximate surface area is 127 Å². The highest BCUT2D eigenvalue weighted by atomic mass is 32.2. The SMILES string of the molecule is CCC(N)c1cccc(S(=O)(=O)N2CCN(C)C(C)C2)c1. The molecule has 1 heterocycles. The van der Waals surface area contributed by atoms with Gasteiger partial charge < -0.3 is 10.6 Å². The van der Waals surface area contributed by atoms with Gasteiger partial charge in [0, 0.05) is 31.7 Å². The molecule has 6 heteroatoms. The minimum atomic E-state index is -3.43. The van der Waals surface area contributed by atoms with E-state index in [-0.39, 0.29) is 12.1 Å². The summed E-state index contributed by atoms with van der Waals surface area (Å²) in [6.45, 7) is 5.86. The van der Waals surface area contributed by atoms with Gasteiger partial charge in [0.25, 0.3) is 0 Å². The maximum atomic E-state index is 12.8. The molecule has 1 aliphatic rings. The average molecular weight is 311 g/mol. The molecule has 1 aliphatic heterocycles. The van der Waals surface area contributed by atoms with E-state index in [4.69, 9.17) is 5.73 Å². The molecular weight excluding hydrogens is 286 g/mol. The summed E-state index contributed by atoms with van der Waals surface area (Å²) in [5.41, 5.74) is 6.89. The zero-order valence-electron chi connectivity index (χ0n) is 13.0. The van der Waals surface area contributed by atoms with Crippen LogP contribution in [0.3, 0.4) is 0 Å². The molecule has 5 nitrogen and oxygen atoms in total. The van der Waals surface area contributed by atoms with Crippen molar-refractivity contribution in [2.24, 2.45) is 5.73 Å². The van der Waals surface area contributed by atoms with Crippen LogP contribution in [-0.4, -0.2) is 50.3 Å². The van der Waals surface area contributed by atoms with Crippen LogP contribution in [-0.2, 0) is 10.0 Å². The third-order valence-corrected chi connectivity index (χ3v) is 6.15. The number of nitrogens with two attached hydrogens (primary N) is 1. The van der Waals surface area contributed by atoms with Crippen molar-refractivity contribution in [3.63, 3.8) is 0 Å². The third-order valence-electron chi connectivity index (χ3n) is 4.29. The van der Waals surface area contributed by atoms with Crippen LogP contribution in [0.2, 0.25) is 0 Å². The highest BCUT2D eigenvalue weighted by Crippen LogP contribution is 2.23. The quantitative estimate of drug-likeness (QED) is 0.913. The van der Waals surface area contributed by atoms with Gasteiger partial charge in [0.1, 0.15) is 0 Å². The number of hydrogen-bond acceptors (Lipinski definition) is 4. The monoisotopic (exact) mass is 311 g/mol. The number of nitrogens with zero attached hydrogens (tertiary/aromatic N) is 2. The molecule has 1 aromatic carbocycles. The normalized spacial score (nSPS) is 23.1. The van der Waals surface area contributed by atoms with Crippen LogP contribution >= 0.6 is 0 Å². The van der Waals surface area contributed by atoms with Gasteiger partial charge in [0.05, 0.1) is 4.90 Å². The summed E-state index contributed by atoms with van der Waals surface area (Å²) in [5.74, 6) is 0. The molecule has 0 spiro atoms. The van der Waals surface area contributed by atoms with Gasteiger partial charge in [-0.3, -0.25) is 0 Å². The molecule has 1 saturated heterocycles. The molecule has 1 aromatic rings. The fourth-order valence-electron chi connectivity index (χ4n) is 2.52. The summed E-state index contributed by atoms with van der Waals surface area (Å²) in [5, 5.41) is 0. The molecule has 118 valence electrons. The van der Waals surface area contributed by atoms with E-state index in [0.717, 1.165) is 18.5 Å². The summed E-state index contributed by atoms with van der Waals surface area (Å²) in [6, 6.07) is 7.15. The second-order valence-corrected chi connectivity index (χ2v) is 7.72. The zero-order valence-corrected chi connectivity index (χ0v) is 13.8. The predicted molar refractivity (Wildman–Crippen MR) is 84.5 cm³/mol. The van der Waals surface area contributed by atoms with E-state index in [1.165, 1.54) is 0 Å². The van der Waals surface area contributed by atoms with Gasteiger partial charge in [0.2, 0.25) is 10.0 Å². The largest absolute Gasteiger partial charge is 0.324 e. The molecule has 2 unspecified atom stereocenters. The van der Waals surface area contributed by atoms with E-state index in [9.17, 15) is 8.42 Å². The molecule has 0 bridgehead atoms. The summed E-state index contributed by atoms with van der Waals surface area (Å²) in [7, 11) is -1.41. The van der Waals surface area contributed by atoms with E-state index in [1.54, 1.807) is 22.5 Å². The van der Waals surface area contributed by atoms with Crippen molar-refractivity contribution in [3.05, 3.63) is 29.8 Å². The average Bonchev–Trinajstić information content (AvgIpc) is 2.49. The van der Waals surface area contributed by atoms with Gasteiger partial charge in [-0.2, -0.15) is 4.31 Å². The first-order valence-electron chi connectivity index (χ1n) is 7.42. The number of sulfonamides is 1. The Morgan fingerprint density at radius 2 is 2.10 bits per heavy atom. The molecule has 0 saturated carbocycles. The van der Waals surface area contributed by atoms with Crippen molar-refractivity contribution in [1.29, 1.82) is 0 Å². The summed E-state index contributed by atoms with van der Waals surface area (Å²) in [6.07, 6.45) is 0.787. The third kappa shape index (κ3) is 3.45. The van der Waals surface area contributed by atoms with Gasteiger partial charge in [-0.1, -0.05) is 19.1 Å². The molecular formula is C15H25N3O2S. The van der Waals surface area contributed by atoms with E-state index >= 15 is 0 Å². The number of likely N-dealkylation sites (N-methyl/N-ethyl adjacent to an activating group) is 1. The Balaban J connectivity index is 2.27. The number of piperazine rings is 1. The molecule has 2 rings (SSSR count). The smallest absolute Gasteiger partial charge is 0.243 e.